The van der Waals surface area contributed by atoms with Gasteiger partial charge in [0.25, 0.3) is 0 Å². The van der Waals surface area contributed by atoms with Crippen LogP contribution < -0.4 is 0 Å². The molecule has 0 radical (unpaired) electrons. The van der Waals surface area contributed by atoms with Crippen LogP contribution in [-0.4, -0.2) is 16.2 Å². The molecule has 2 atom stereocenters. The van der Waals surface area contributed by atoms with Gasteiger partial charge in [0.15, 0.2) is 0 Å². The maximum absolute atomic E-state index is 10.7. The Labute approximate surface area is 87.5 Å². The van der Waals surface area contributed by atoms with E-state index in [0.717, 1.165) is 11.3 Å². The minimum atomic E-state index is -1.34. The predicted octanol–water partition coefficient (Wildman–Crippen LogP) is 1.44. The molecule has 0 spiro atoms. The first-order valence-electron chi connectivity index (χ1n) is 4.97. The number of hydrogen-bond donors (Lipinski definition) is 2. The van der Waals surface area contributed by atoms with Gasteiger partial charge in [0.2, 0.25) is 0 Å². The molecule has 15 heavy (non-hydrogen) atoms. The van der Waals surface area contributed by atoms with Gasteiger partial charge in [-0.05, 0) is 30.9 Å². The molecule has 2 unspecified atom stereocenters. The largest absolute Gasteiger partial charge is 0.481 e. The van der Waals surface area contributed by atoms with E-state index in [1.807, 2.05) is 13.0 Å². The maximum Gasteiger partial charge on any atom is 0.306 e. The zero-order chi connectivity index (χ0) is 11.2. The zero-order valence-electron chi connectivity index (χ0n) is 8.78. The highest BCUT2D eigenvalue weighted by molar-refractivity contribution is 5.69. The molecule has 4 heteroatoms. The first kappa shape index (κ1) is 10.2. The van der Waals surface area contributed by atoms with Gasteiger partial charge in [-0.1, -0.05) is 6.92 Å². The summed E-state index contributed by atoms with van der Waals surface area (Å²) in [5, 5.41) is 19.1. The normalized spacial score (nSPS) is 29.1. The van der Waals surface area contributed by atoms with Crippen LogP contribution >= 0.6 is 0 Å². The van der Waals surface area contributed by atoms with Crippen molar-refractivity contribution >= 4 is 5.97 Å². The second-order valence-corrected chi connectivity index (χ2v) is 4.31. The lowest BCUT2D eigenvalue weighted by Gasteiger charge is -2.25. The van der Waals surface area contributed by atoms with E-state index in [9.17, 15) is 9.90 Å². The van der Waals surface area contributed by atoms with Crippen LogP contribution in [0, 0.1) is 12.8 Å². The first-order valence-corrected chi connectivity index (χ1v) is 4.97. The van der Waals surface area contributed by atoms with Gasteiger partial charge >= 0.3 is 5.97 Å². The average Bonchev–Trinajstić information content (AvgIpc) is 2.53. The van der Waals surface area contributed by atoms with Crippen molar-refractivity contribution in [3.8, 4) is 0 Å². The monoisotopic (exact) mass is 210 g/mol. The zero-order valence-corrected chi connectivity index (χ0v) is 8.78. The molecular weight excluding hydrogens is 196 g/mol. The third kappa shape index (κ3) is 1.45. The van der Waals surface area contributed by atoms with E-state index < -0.39 is 11.6 Å². The summed E-state index contributed by atoms with van der Waals surface area (Å²) in [5.41, 5.74) is -0.404. The predicted molar refractivity (Wildman–Crippen MR) is 52.5 cm³/mol. The molecule has 1 heterocycles. The Morgan fingerprint density at radius 3 is 3.00 bits per heavy atom. The molecule has 0 saturated carbocycles. The average molecular weight is 210 g/mol. The van der Waals surface area contributed by atoms with E-state index in [4.69, 9.17) is 9.52 Å². The fourth-order valence-electron chi connectivity index (χ4n) is 2.29. The molecule has 1 aliphatic carbocycles. The van der Waals surface area contributed by atoms with Crippen LogP contribution in [0.25, 0.3) is 0 Å². The van der Waals surface area contributed by atoms with Gasteiger partial charge in [0.05, 0.1) is 6.42 Å². The van der Waals surface area contributed by atoms with Gasteiger partial charge in [0.1, 0.15) is 17.1 Å². The molecule has 0 aromatic carbocycles. The number of carboxylic acid groups (broad SMARTS) is 1. The summed E-state index contributed by atoms with van der Waals surface area (Å²) < 4.78 is 5.40. The molecule has 4 nitrogen and oxygen atoms in total. The van der Waals surface area contributed by atoms with E-state index in [1.54, 1.807) is 6.92 Å². The number of carboxylic acids is 1. The quantitative estimate of drug-likeness (QED) is 0.774. The lowest BCUT2D eigenvalue weighted by Crippen LogP contribution is -2.32. The number of aliphatic hydroxyl groups is 1. The van der Waals surface area contributed by atoms with Crippen molar-refractivity contribution < 1.29 is 19.4 Å². The lowest BCUT2D eigenvalue weighted by atomic mass is 9.88. The highest BCUT2D eigenvalue weighted by Gasteiger charge is 2.47. The molecule has 0 bridgehead atoms. The van der Waals surface area contributed by atoms with Crippen molar-refractivity contribution in [3.63, 3.8) is 0 Å². The van der Waals surface area contributed by atoms with Gasteiger partial charge in [-0.25, -0.2) is 0 Å². The highest BCUT2D eigenvalue weighted by atomic mass is 16.4. The fraction of sp³-hybridized carbons (Fsp3) is 0.545. The van der Waals surface area contributed by atoms with Crippen molar-refractivity contribution in [3.05, 3.63) is 23.2 Å². The Balaban J connectivity index is 2.42. The van der Waals surface area contributed by atoms with E-state index >= 15 is 0 Å². The molecule has 1 aromatic heterocycles. The summed E-state index contributed by atoms with van der Waals surface area (Å²) in [6.45, 7) is 3.64. The maximum atomic E-state index is 10.7. The summed E-state index contributed by atoms with van der Waals surface area (Å²) in [7, 11) is 0. The van der Waals surface area contributed by atoms with Crippen molar-refractivity contribution in [1.29, 1.82) is 0 Å². The highest BCUT2D eigenvalue weighted by Crippen LogP contribution is 2.44. The van der Waals surface area contributed by atoms with Crippen molar-refractivity contribution in [1.82, 2.24) is 0 Å². The third-order valence-electron chi connectivity index (χ3n) is 3.09. The summed E-state index contributed by atoms with van der Waals surface area (Å²) in [6.07, 6.45) is 0.380. The van der Waals surface area contributed by atoms with E-state index in [1.165, 1.54) is 0 Å². The van der Waals surface area contributed by atoms with E-state index in [0.29, 0.717) is 12.2 Å². The van der Waals surface area contributed by atoms with Gasteiger partial charge in [-0.15, -0.1) is 0 Å². The number of carbonyl (C=O) groups is 1. The third-order valence-corrected chi connectivity index (χ3v) is 3.09. The first-order chi connectivity index (χ1) is 6.93. The second-order valence-electron chi connectivity index (χ2n) is 4.31. The molecule has 2 N–H and O–H groups in total. The van der Waals surface area contributed by atoms with Gasteiger partial charge in [-0.2, -0.15) is 0 Å². The molecule has 1 aromatic rings. The summed E-state index contributed by atoms with van der Waals surface area (Å²) in [6, 6.07) is 1.87. The number of rotatable bonds is 2. The topological polar surface area (TPSA) is 70.7 Å². The number of fused-ring (bicyclic) bond motifs is 1. The number of hydrogen-bond acceptors (Lipinski definition) is 3. The minimum Gasteiger partial charge on any atom is -0.481 e. The van der Waals surface area contributed by atoms with E-state index in [2.05, 4.69) is 0 Å². The summed E-state index contributed by atoms with van der Waals surface area (Å²) in [5.74, 6) is 0.0415. The van der Waals surface area contributed by atoms with Crippen LogP contribution in [0.15, 0.2) is 10.5 Å². The second kappa shape index (κ2) is 3.10. The van der Waals surface area contributed by atoms with Crippen LogP contribution in [0.1, 0.15) is 30.4 Å². The Morgan fingerprint density at radius 2 is 2.40 bits per heavy atom. The smallest absolute Gasteiger partial charge is 0.306 e. The van der Waals surface area contributed by atoms with Crippen LogP contribution in [0.3, 0.4) is 0 Å². The molecule has 1 aliphatic rings. The van der Waals surface area contributed by atoms with Crippen LogP contribution in [0.5, 0.6) is 0 Å². The lowest BCUT2D eigenvalue weighted by molar-refractivity contribution is -0.146. The summed E-state index contributed by atoms with van der Waals surface area (Å²) in [4.78, 5) is 10.7. The molecule has 0 saturated heterocycles. The van der Waals surface area contributed by atoms with E-state index in [-0.39, 0.29) is 12.3 Å². The molecular formula is C11H14O4. The SMILES string of the molecule is Cc1cc2c(o1)C(O)(CC(=O)O)C(C)C2. The Morgan fingerprint density at radius 1 is 1.73 bits per heavy atom. The van der Waals surface area contributed by atoms with Crippen molar-refractivity contribution in [2.75, 3.05) is 0 Å². The number of aliphatic carboxylic acids is 1. The molecule has 0 aliphatic heterocycles. The number of furan rings is 1. The molecule has 0 fully saturated rings. The Hall–Kier alpha value is -1.29. The minimum absolute atomic E-state index is 0.108. The standard InChI is InChI=1S/C11H14O4/c1-6-3-8-4-7(2)15-10(8)11(6,14)5-9(12)13/h4,6,14H,3,5H2,1-2H3,(H,12,13). The van der Waals surface area contributed by atoms with Crippen LogP contribution in [0.2, 0.25) is 0 Å². The molecule has 2 rings (SSSR count). The Bertz CT molecular complexity index is 407. The van der Waals surface area contributed by atoms with Crippen molar-refractivity contribution in [2.24, 2.45) is 5.92 Å². The number of aryl methyl sites for hydroxylation is 1. The van der Waals surface area contributed by atoms with Crippen molar-refractivity contribution in [2.45, 2.75) is 32.3 Å². The fourth-order valence-corrected chi connectivity index (χ4v) is 2.29. The molecule has 82 valence electrons. The van der Waals surface area contributed by atoms with Gasteiger partial charge in [-0.3, -0.25) is 4.79 Å². The van der Waals surface area contributed by atoms with Gasteiger partial charge < -0.3 is 14.6 Å². The Kier molecular flexibility index (Phi) is 2.12. The van der Waals surface area contributed by atoms with Gasteiger partial charge in [0, 0.05) is 0 Å². The summed E-state index contributed by atoms with van der Waals surface area (Å²) >= 11 is 0. The van der Waals surface area contributed by atoms with Crippen LogP contribution in [-0.2, 0) is 16.8 Å². The molecule has 0 amide bonds. The van der Waals surface area contributed by atoms with Crippen LogP contribution in [0.4, 0.5) is 0 Å².